The number of hydrogen-bond donors (Lipinski definition) is 3. The molecule has 138 valence electrons. The third kappa shape index (κ3) is 3.00. The second-order valence-corrected chi connectivity index (χ2v) is 7.82. The molecule has 0 fully saturated rings. The van der Waals surface area contributed by atoms with E-state index in [0.29, 0.717) is 12.2 Å². The van der Waals surface area contributed by atoms with Crippen LogP contribution in [0.4, 0.5) is 0 Å². The van der Waals surface area contributed by atoms with Gasteiger partial charge in [0.15, 0.2) is 0 Å². The lowest BCUT2D eigenvalue weighted by Gasteiger charge is -2.16. The molecule has 28 heavy (non-hydrogen) atoms. The maximum Gasteiger partial charge on any atom is 0.267 e. The molecule has 3 N–H and O–H groups in total. The zero-order chi connectivity index (χ0) is 18.9. The van der Waals surface area contributed by atoms with Gasteiger partial charge in [0, 0.05) is 45.3 Å². The second-order valence-electron chi connectivity index (χ2n) is 6.84. The SMILES string of the molecule is O=C(NCC(c1cccs1)c1c[nH]c2ccccc12)c1cc2ccccc2[nH]1. The van der Waals surface area contributed by atoms with E-state index in [9.17, 15) is 4.79 Å². The number of para-hydroxylation sites is 2. The van der Waals surface area contributed by atoms with Gasteiger partial charge in [-0.05, 0) is 35.2 Å². The molecule has 0 aliphatic heterocycles. The highest BCUT2D eigenvalue weighted by Crippen LogP contribution is 2.32. The van der Waals surface area contributed by atoms with Crippen molar-refractivity contribution in [1.82, 2.24) is 15.3 Å². The van der Waals surface area contributed by atoms with Gasteiger partial charge >= 0.3 is 0 Å². The summed E-state index contributed by atoms with van der Waals surface area (Å²) < 4.78 is 0. The van der Waals surface area contributed by atoms with Crippen LogP contribution in [0.5, 0.6) is 0 Å². The number of thiophene rings is 1. The lowest BCUT2D eigenvalue weighted by Crippen LogP contribution is -2.28. The van der Waals surface area contributed by atoms with Gasteiger partial charge in [-0.15, -0.1) is 11.3 Å². The van der Waals surface area contributed by atoms with Crippen LogP contribution in [0.15, 0.2) is 78.3 Å². The molecule has 5 aromatic rings. The monoisotopic (exact) mass is 385 g/mol. The standard InChI is InChI=1S/C23H19N3OS/c27-23(21-12-15-6-1-3-8-19(15)26-21)25-14-18(22-10-5-11-28-22)17-13-24-20-9-4-2-7-16(17)20/h1-13,18,24,26H,14H2,(H,25,27). The smallest absolute Gasteiger partial charge is 0.267 e. The summed E-state index contributed by atoms with van der Waals surface area (Å²) in [5.41, 5.74) is 3.88. The lowest BCUT2D eigenvalue weighted by molar-refractivity contribution is 0.0948. The summed E-state index contributed by atoms with van der Waals surface area (Å²) in [6.07, 6.45) is 2.06. The van der Waals surface area contributed by atoms with Crippen molar-refractivity contribution in [2.24, 2.45) is 0 Å². The van der Waals surface area contributed by atoms with Crippen LogP contribution in [0.1, 0.15) is 26.8 Å². The summed E-state index contributed by atoms with van der Waals surface area (Å²) in [4.78, 5) is 20.6. The van der Waals surface area contributed by atoms with E-state index in [1.54, 1.807) is 11.3 Å². The van der Waals surface area contributed by atoms with Crippen LogP contribution in [0.3, 0.4) is 0 Å². The van der Waals surface area contributed by atoms with Gasteiger partial charge in [-0.1, -0.05) is 42.5 Å². The second kappa shape index (κ2) is 7.02. The van der Waals surface area contributed by atoms with E-state index >= 15 is 0 Å². The summed E-state index contributed by atoms with van der Waals surface area (Å²) in [6, 6.07) is 22.3. The largest absolute Gasteiger partial charge is 0.361 e. The zero-order valence-electron chi connectivity index (χ0n) is 15.1. The number of amides is 1. The minimum atomic E-state index is -0.0856. The number of aromatic nitrogens is 2. The van der Waals surface area contributed by atoms with Gasteiger partial charge < -0.3 is 15.3 Å². The first-order valence-corrected chi connectivity index (χ1v) is 10.1. The van der Waals surface area contributed by atoms with Crippen molar-refractivity contribution in [2.45, 2.75) is 5.92 Å². The van der Waals surface area contributed by atoms with Gasteiger partial charge in [0.2, 0.25) is 0 Å². The number of carbonyl (C=O) groups is 1. The third-order valence-corrected chi connectivity index (χ3v) is 6.11. The topological polar surface area (TPSA) is 60.7 Å². The number of fused-ring (bicyclic) bond motifs is 2. The number of hydrogen-bond acceptors (Lipinski definition) is 2. The van der Waals surface area contributed by atoms with Gasteiger partial charge in [-0.25, -0.2) is 0 Å². The fourth-order valence-corrected chi connectivity index (χ4v) is 4.57. The highest BCUT2D eigenvalue weighted by Gasteiger charge is 2.20. The first-order chi connectivity index (χ1) is 13.8. The number of rotatable bonds is 5. The maximum absolute atomic E-state index is 12.8. The number of nitrogens with one attached hydrogen (secondary N) is 3. The molecule has 1 atom stereocenters. The minimum Gasteiger partial charge on any atom is -0.361 e. The fourth-order valence-electron chi connectivity index (χ4n) is 3.72. The molecular formula is C23H19N3OS. The van der Waals surface area contributed by atoms with Gasteiger partial charge in [0.05, 0.1) is 0 Å². The molecule has 0 saturated heterocycles. The number of H-pyrrole nitrogens is 2. The van der Waals surface area contributed by atoms with Crippen molar-refractivity contribution in [3.63, 3.8) is 0 Å². The molecule has 3 aromatic heterocycles. The molecule has 5 heteroatoms. The molecule has 0 bridgehead atoms. The van der Waals surface area contributed by atoms with Crippen molar-refractivity contribution in [3.05, 3.63) is 94.4 Å². The number of carbonyl (C=O) groups excluding carboxylic acids is 1. The van der Waals surface area contributed by atoms with Crippen LogP contribution in [0, 0.1) is 0 Å². The van der Waals surface area contributed by atoms with Gasteiger partial charge in [-0.2, -0.15) is 0 Å². The molecule has 3 heterocycles. The fraction of sp³-hybridized carbons (Fsp3) is 0.0870. The first-order valence-electron chi connectivity index (χ1n) is 9.25. The predicted octanol–water partition coefficient (Wildman–Crippen LogP) is 5.27. The van der Waals surface area contributed by atoms with E-state index in [1.165, 1.54) is 15.8 Å². The molecule has 0 saturated carbocycles. The minimum absolute atomic E-state index is 0.0856. The molecule has 1 amide bonds. The molecule has 1 unspecified atom stereocenters. The van der Waals surface area contributed by atoms with Crippen molar-refractivity contribution in [1.29, 1.82) is 0 Å². The van der Waals surface area contributed by atoms with Crippen LogP contribution in [-0.2, 0) is 0 Å². The average Bonchev–Trinajstić information content (AvgIpc) is 3.47. The highest BCUT2D eigenvalue weighted by atomic mass is 32.1. The molecule has 0 aliphatic rings. The van der Waals surface area contributed by atoms with Crippen molar-refractivity contribution in [2.75, 3.05) is 6.54 Å². The number of benzene rings is 2. The molecule has 2 aromatic carbocycles. The molecule has 4 nitrogen and oxygen atoms in total. The Labute approximate surface area is 166 Å². The average molecular weight is 385 g/mol. The molecule has 0 radical (unpaired) electrons. The van der Waals surface area contributed by atoms with E-state index in [1.807, 2.05) is 42.5 Å². The summed E-state index contributed by atoms with van der Waals surface area (Å²) in [5.74, 6) is 0.0158. The van der Waals surface area contributed by atoms with Crippen LogP contribution in [-0.4, -0.2) is 22.4 Å². The molecule has 0 aliphatic carbocycles. The molecular weight excluding hydrogens is 366 g/mol. The van der Waals surface area contributed by atoms with E-state index in [2.05, 4.69) is 51.1 Å². The van der Waals surface area contributed by atoms with E-state index in [4.69, 9.17) is 0 Å². The Balaban J connectivity index is 1.43. The Hall–Kier alpha value is -3.31. The highest BCUT2D eigenvalue weighted by molar-refractivity contribution is 7.10. The Morgan fingerprint density at radius 2 is 1.82 bits per heavy atom. The Morgan fingerprint density at radius 3 is 2.64 bits per heavy atom. The summed E-state index contributed by atoms with van der Waals surface area (Å²) in [7, 11) is 0. The zero-order valence-corrected chi connectivity index (χ0v) is 15.9. The van der Waals surface area contributed by atoms with Gasteiger partial charge in [0.1, 0.15) is 5.69 Å². The Bertz CT molecular complexity index is 1220. The molecule has 5 rings (SSSR count). The maximum atomic E-state index is 12.8. The van der Waals surface area contributed by atoms with Crippen molar-refractivity contribution in [3.8, 4) is 0 Å². The summed E-state index contributed by atoms with van der Waals surface area (Å²) in [6.45, 7) is 0.538. The predicted molar refractivity (Wildman–Crippen MR) is 115 cm³/mol. The quantitative estimate of drug-likeness (QED) is 0.379. The van der Waals surface area contributed by atoms with Gasteiger partial charge in [-0.3, -0.25) is 4.79 Å². The normalized spacial score (nSPS) is 12.4. The molecule has 0 spiro atoms. The Kier molecular flexibility index (Phi) is 4.22. The summed E-state index contributed by atoms with van der Waals surface area (Å²) in [5, 5.41) is 7.44. The van der Waals surface area contributed by atoms with Crippen LogP contribution < -0.4 is 5.32 Å². The van der Waals surface area contributed by atoms with E-state index in [0.717, 1.165) is 16.4 Å². The first kappa shape index (κ1) is 16.8. The van der Waals surface area contributed by atoms with Crippen LogP contribution in [0.25, 0.3) is 21.8 Å². The Morgan fingerprint density at radius 1 is 1.00 bits per heavy atom. The van der Waals surface area contributed by atoms with Crippen molar-refractivity contribution < 1.29 is 4.79 Å². The van der Waals surface area contributed by atoms with Crippen LogP contribution in [0.2, 0.25) is 0 Å². The van der Waals surface area contributed by atoms with Crippen molar-refractivity contribution >= 4 is 39.0 Å². The van der Waals surface area contributed by atoms with E-state index < -0.39 is 0 Å². The van der Waals surface area contributed by atoms with E-state index in [-0.39, 0.29) is 11.8 Å². The van der Waals surface area contributed by atoms with Crippen LogP contribution >= 0.6 is 11.3 Å². The van der Waals surface area contributed by atoms with Gasteiger partial charge in [0.25, 0.3) is 5.91 Å². The lowest BCUT2D eigenvalue weighted by atomic mass is 9.96. The number of aromatic amines is 2. The summed E-state index contributed by atoms with van der Waals surface area (Å²) >= 11 is 1.72. The third-order valence-electron chi connectivity index (χ3n) is 5.12.